The molecule has 2 heterocycles. The molecule has 0 spiro atoms. The first-order valence-electron chi connectivity index (χ1n) is 5.34. The lowest BCUT2D eigenvalue weighted by atomic mass is 10.2. The number of H-pyrrole nitrogens is 1. The minimum atomic E-state index is 0.00179. The molecule has 1 unspecified atom stereocenters. The molecule has 4 heteroatoms. The van der Waals surface area contributed by atoms with Crippen molar-refractivity contribution in [3.63, 3.8) is 0 Å². The van der Waals surface area contributed by atoms with Crippen molar-refractivity contribution in [2.24, 2.45) is 0 Å². The van der Waals surface area contributed by atoms with Gasteiger partial charge in [0.05, 0.1) is 5.69 Å². The fraction of sp³-hybridized carbons (Fsp3) is 0.545. The lowest BCUT2D eigenvalue weighted by Gasteiger charge is -2.33. The summed E-state index contributed by atoms with van der Waals surface area (Å²) in [6.45, 7) is 7.00. The molecule has 2 N–H and O–H groups in total. The Bertz CT molecular complexity index is 399. The summed E-state index contributed by atoms with van der Waals surface area (Å²) < 4.78 is 0. The molecule has 0 saturated carbocycles. The Kier molecular flexibility index (Phi) is 2.77. The zero-order chi connectivity index (χ0) is 10.8. The first kappa shape index (κ1) is 10.2. The lowest BCUT2D eigenvalue weighted by Crippen LogP contribution is -2.49. The van der Waals surface area contributed by atoms with E-state index in [-0.39, 0.29) is 5.56 Å². The minimum Gasteiger partial charge on any atom is -0.368 e. The monoisotopic (exact) mass is 207 g/mol. The van der Waals surface area contributed by atoms with Gasteiger partial charge in [0.25, 0.3) is 5.56 Å². The van der Waals surface area contributed by atoms with Crippen LogP contribution in [0.15, 0.2) is 17.1 Å². The van der Waals surface area contributed by atoms with Crippen molar-refractivity contribution in [1.82, 2.24) is 10.3 Å². The van der Waals surface area contributed by atoms with Crippen molar-refractivity contribution in [3.05, 3.63) is 28.2 Å². The molecule has 1 aliphatic heterocycles. The van der Waals surface area contributed by atoms with Gasteiger partial charge < -0.3 is 15.2 Å². The van der Waals surface area contributed by atoms with E-state index in [0.29, 0.717) is 6.04 Å². The van der Waals surface area contributed by atoms with Crippen LogP contribution in [0.1, 0.15) is 12.5 Å². The number of anilines is 1. The van der Waals surface area contributed by atoms with Crippen molar-refractivity contribution in [2.75, 3.05) is 24.5 Å². The Morgan fingerprint density at radius 1 is 1.53 bits per heavy atom. The summed E-state index contributed by atoms with van der Waals surface area (Å²) in [4.78, 5) is 16.3. The highest BCUT2D eigenvalue weighted by molar-refractivity contribution is 5.46. The molecule has 0 aliphatic carbocycles. The summed E-state index contributed by atoms with van der Waals surface area (Å²) in [7, 11) is 0. The molecule has 1 aromatic heterocycles. The molecule has 2 rings (SSSR count). The first-order chi connectivity index (χ1) is 7.16. The third-order valence-corrected chi connectivity index (χ3v) is 2.81. The van der Waals surface area contributed by atoms with Gasteiger partial charge in [-0.1, -0.05) is 0 Å². The summed E-state index contributed by atoms with van der Waals surface area (Å²) in [5, 5.41) is 3.39. The van der Waals surface area contributed by atoms with Crippen LogP contribution in [0.25, 0.3) is 0 Å². The van der Waals surface area contributed by atoms with E-state index in [1.54, 1.807) is 6.20 Å². The van der Waals surface area contributed by atoms with Crippen LogP contribution in [0.3, 0.4) is 0 Å². The SMILES string of the molecule is Cc1cc(N2CCNC(C)C2)c[nH]c1=O. The van der Waals surface area contributed by atoms with Gasteiger partial charge in [-0.15, -0.1) is 0 Å². The number of aryl methyl sites for hydroxylation is 1. The third kappa shape index (κ3) is 2.21. The van der Waals surface area contributed by atoms with Crippen molar-refractivity contribution in [3.8, 4) is 0 Å². The number of nitrogens with zero attached hydrogens (tertiary/aromatic N) is 1. The summed E-state index contributed by atoms with van der Waals surface area (Å²) in [6, 6.07) is 2.46. The molecule has 15 heavy (non-hydrogen) atoms. The van der Waals surface area contributed by atoms with Gasteiger partial charge in [-0.2, -0.15) is 0 Å². The van der Waals surface area contributed by atoms with E-state index in [1.807, 2.05) is 13.0 Å². The third-order valence-electron chi connectivity index (χ3n) is 2.81. The number of hydrogen-bond acceptors (Lipinski definition) is 3. The molecule has 1 saturated heterocycles. The molecular weight excluding hydrogens is 190 g/mol. The van der Waals surface area contributed by atoms with Crippen LogP contribution in [0.5, 0.6) is 0 Å². The van der Waals surface area contributed by atoms with E-state index in [2.05, 4.69) is 22.1 Å². The van der Waals surface area contributed by atoms with Gasteiger partial charge in [0.2, 0.25) is 0 Å². The van der Waals surface area contributed by atoms with E-state index in [9.17, 15) is 4.79 Å². The summed E-state index contributed by atoms with van der Waals surface area (Å²) >= 11 is 0. The predicted molar refractivity (Wildman–Crippen MR) is 61.5 cm³/mol. The maximum Gasteiger partial charge on any atom is 0.250 e. The highest BCUT2D eigenvalue weighted by atomic mass is 16.1. The molecule has 1 fully saturated rings. The van der Waals surface area contributed by atoms with E-state index in [1.165, 1.54) is 0 Å². The molecule has 4 nitrogen and oxygen atoms in total. The lowest BCUT2D eigenvalue weighted by molar-refractivity contribution is 0.484. The van der Waals surface area contributed by atoms with Crippen LogP contribution in [0.2, 0.25) is 0 Å². The fourth-order valence-corrected chi connectivity index (χ4v) is 1.93. The fourth-order valence-electron chi connectivity index (χ4n) is 1.93. The Morgan fingerprint density at radius 3 is 3.00 bits per heavy atom. The van der Waals surface area contributed by atoms with Gasteiger partial charge >= 0.3 is 0 Å². The number of nitrogens with one attached hydrogen (secondary N) is 2. The molecule has 0 bridgehead atoms. The zero-order valence-electron chi connectivity index (χ0n) is 9.21. The van der Waals surface area contributed by atoms with Gasteiger partial charge in [0.1, 0.15) is 0 Å². The van der Waals surface area contributed by atoms with Crippen molar-refractivity contribution in [1.29, 1.82) is 0 Å². The molecular formula is C11H17N3O. The normalized spacial score (nSPS) is 21.7. The molecule has 0 amide bonds. The Labute approximate surface area is 89.3 Å². The van der Waals surface area contributed by atoms with Gasteiger partial charge in [-0.25, -0.2) is 0 Å². The van der Waals surface area contributed by atoms with E-state index in [0.717, 1.165) is 30.9 Å². The molecule has 0 radical (unpaired) electrons. The maximum absolute atomic E-state index is 11.2. The minimum absolute atomic E-state index is 0.00179. The van der Waals surface area contributed by atoms with Gasteiger partial charge in [-0.05, 0) is 19.9 Å². The summed E-state index contributed by atoms with van der Waals surface area (Å²) in [5.41, 5.74) is 1.89. The van der Waals surface area contributed by atoms with Crippen LogP contribution in [0, 0.1) is 6.92 Å². The average Bonchev–Trinajstić information content (AvgIpc) is 2.22. The second kappa shape index (κ2) is 4.06. The van der Waals surface area contributed by atoms with Crippen molar-refractivity contribution < 1.29 is 0 Å². The molecule has 82 valence electrons. The largest absolute Gasteiger partial charge is 0.368 e. The van der Waals surface area contributed by atoms with E-state index in [4.69, 9.17) is 0 Å². The number of aromatic nitrogens is 1. The topological polar surface area (TPSA) is 48.1 Å². The van der Waals surface area contributed by atoms with Gasteiger partial charge in [0, 0.05) is 37.4 Å². The maximum atomic E-state index is 11.2. The second-order valence-electron chi connectivity index (χ2n) is 4.17. The smallest absolute Gasteiger partial charge is 0.250 e. The average molecular weight is 207 g/mol. The molecule has 1 atom stereocenters. The zero-order valence-corrected chi connectivity index (χ0v) is 9.21. The summed E-state index contributed by atoms with van der Waals surface area (Å²) in [6.07, 6.45) is 1.80. The Hall–Kier alpha value is -1.29. The van der Waals surface area contributed by atoms with Crippen LogP contribution in [-0.4, -0.2) is 30.7 Å². The van der Waals surface area contributed by atoms with Gasteiger partial charge in [-0.3, -0.25) is 4.79 Å². The van der Waals surface area contributed by atoms with Crippen molar-refractivity contribution >= 4 is 5.69 Å². The summed E-state index contributed by atoms with van der Waals surface area (Å²) in [5.74, 6) is 0. The molecule has 1 aromatic rings. The number of hydrogen-bond donors (Lipinski definition) is 2. The van der Waals surface area contributed by atoms with Crippen LogP contribution in [-0.2, 0) is 0 Å². The Balaban J connectivity index is 2.21. The first-order valence-corrected chi connectivity index (χ1v) is 5.34. The highest BCUT2D eigenvalue weighted by Gasteiger charge is 2.16. The van der Waals surface area contributed by atoms with E-state index < -0.39 is 0 Å². The predicted octanol–water partition coefficient (Wildman–Crippen LogP) is 0.481. The molecule has 1 aliphatic rings. The Morgan fingerprint density at radius 2 is 2.33 bits per heavy atom. The van der Waals surface area contributed by atoms with Crippen LogP contribution in [0.4, 0.5) is 5.69 Å². The standard InChI is InChI=1S/C11H17N3O/c1-8-5-10(6-13-11(8)15)14-4-3-12-9(2)7-14/h5-6,9,12H,3-4,7H2,1-2H3,(H,13,15). The number of aromatic amines is 1. The van der Waals surface area contributed by atoms with Gasteiger partial charge in [0.15, 0.2) is 0 Å². The second-order valence-corrected chi connectivity index (χ2v) is 4.17. The van der Waals surface area contributed by atoms with Crippen molar-refractivity contribution in [2.45, 2.75) is 19.9 Å². The number of rotatable bonds is 1. The quantitative estimate of drug-likeness (QED) is 0.704. The number of pyridine rings is 1. The number of piperazine rings is 1. The van der Waals surface area contributed by atoms with E-state index >= 15 is 0 Å². The van der Waals surface area contributed by atoms with Crippen LogP contribution < -0.4 is 15.8 Å². The molecule has 0 aromatic carbocycles. The highest BCUT2D eigenvalue weighted by Crippen LogP contribution is 2.14. The van der Waals surface area contributed by atoms with Crippen LogP contribution >= 0.6 is 0 Å².